The Balaban J connectivity index is 1.85. The van der Waals surface area contributed by atoms with Crippen LogP contribution in [0.5, 0.6) is 0 Å². The standard InChI is InChI=1S/C19H16N2O3/c20-18(21)15-9-5-4-8-14(15)17-16(10-11-23-17)19(22)24-12-13-6-2-1-3-7-13/h1-11H,12H2,(H3,20,21). The van der Waals surface area contributed by atoms with E-state index in [1.807, 2.05) is 30.3 Å². The molecule has 0 saturated heterocycles. The van der Waals surface area contributed by atoms with E-state index in [2.05, 4.69) is 0 Å². The summed E-state index contributed by atoms with van der Waals surface area (Å²) in [5, 5.41) is 7.67. The van der Waals surface area contributed by atoms with Crippen molar-refractivity contribution in [2.24, 2.45) is 5.73 Å². The summed E-state index contributed by atoms with van der Waals surface area (Å²) in [4.78, 5) is 12.4. The molecule has 0 fully saturated rings. The van der Waals surface area contributed by atoms with Gasteiger partial charge in [0.05, 0.1) is 6.26 Å². The number of benzene rings is 2. The second-order valence-electron chi connectivity index (χ2n) is 5.18. The number of hydrogen-bond donors (Lipinski definition) is 2. The highest BCUT2D eigenvalue weighted by Gasteiger charge is 2.20. The van der Waals surface area contributed by atoms with Gasteiger partial charge in [-0.3, -0.25) is 5.41 Å². The number of rotatable bonds is 5. The van der Waals surface area contributed by atoms with Gasteiger partial charge in [0.15, 0.2) is 0 Å². The Hall–Kier alpha value is -3.34. The molecular weight excluding hydrogens is 304 g/mol. The third-order valence-electron chi connectivity index (χ3n) is 3.56. The monoisotopic (exact) mass is 320 g/mol. The number of nitrogen functional groups attached to an aromatic ring is 1. The minimum absolute atomic E-state index is 0.0920. The Labute approximate surface area is 139 Å². The maximum absolute atomic E-state index is 12.4. The Bertz CT molecular complexity index is 869. The fraction of sp³-hybridized carbons (Fsp3) is 0.0526. The summed E-state index contributed by atoms with van der Waals surface area (Å²) in [5.74, 6) is -0.231. The maximum atomic E-state index is 12.4. The highest BCUT2D eigenvalue weighted by atomic mass is 16.5. The van der Waals surface area contributed by atoms with E-state index in [-0.39, 0.29) is 12.4 Å². The normalized spacial score (nSPS) is 10.3. The van der Waals surface area contributed by atoms with Crippen molar-refractivity contribution in [3.8, 4) is 11.3 Å². The summed E-state index contributed by atoms with van der Waals surface area (Å²) in [7, 11) is 0. The molecule has 1 heterocycles. The van der Waals surface area contributed by atoms with Gasteiger partial charge in [-0.2, -0.15) is 0 Å². The van der Waals surface area contributed by atoms with E-state index >= 15 is 0 Å². The summed E-state index contributed by atoms with van der Waals surface area (Å²) in [5.41, 5.74) is 7.90. The Kier molecular flexibility index (Phi) is 4.43. The molecule has 120 valence electrons. The van der Waals surface area contributed by atoms with Crippen molar-refractivity contribution in [3.05, 3.63) is 83.6 Å². The van der Waals surface area contributed by atoms with Crippen LogP contribution in [-0.4, -0.2) is 11.8 Å². The van der Waals surface area contributed by atoms with E-state index in [9.17, 15) is 4.79 Å². The van der Waals surface area contributed by atoms with Crippen LogP contribution >= 0.6 is 0 Å². The largest absolute Gasteiger partial charge is 0.463 e. The first kappa shape index (κ1) is 15.6. The zero-order chi connectivity index (χ0) is 16.9. The van der Waals surface area contributed by atoms with Gasteiger partial charge in [-0.05, 0) is 11.6 Å². The molecule has 2 aromatic carbocycles. The number of ether oxygens (including phenoxy) is 1. The Morgan fingerprint density at radius 1 is 1.00 bits per heavy atom. The number of esters is 1. The molecule has 0 atom stereocenters. The van der Waals surface area contributed by atoms with E-state index < -0.39 is 5.97 Å². The van der Waals surface area contributed by atoms with Crippen LogP contribution in [0.15, 0.2) is 71.3 Å². The van der Waals surface area contributed by atoms with Gasteiger partial charge >= 0.3 is 5.97 Å². The summed E-state index contributed by atoms with van der Waals surface area (Å²) in [6, 6.07) is 18.0. The number of carbonyl (C=O) groups is 1. The molecule has 0 bridgehead atoms. The molecule has 5 nitrogen and oxygen atoms in total. The summed E-state index contributed by atoms with van der Waals surface area (Å²) >= 11 is 0. The van der Waals surface area contributed by atoms with Crippen molar-refractivity contribution in [1.82, 2.24) is 0 Å². The molecule has 0 aliphatic heterocycles. The molecule has 1 aromatic heterocycles. The first-order valence-electron chi connectivity index (χ1n) is 7.39. The second-order valence-corrected chi connectivity index (χ2v) is 5.18. The lowest BCUT2D eigenvalue weighted by Gasteiger charge is -2.08. The number of nitrogens with two attached hydrogens (primary N) is 1. The molecule has 0 aliphatic carbocycles. The summed E-state index contributed by atoms with van der Waals surface area (Å²) in [6.07, 6.45) is 1.42. The van der Waals surface area contributed by atoms with Crippen LogP contribution < -0.4 is 5.73 Å². The van der Waals surface area contributed by atoms with Crippen LogP contribution in [0.3, 0.4) is 0 Å². The van der Waals surface area contributed by atoms with Gasteiger partial charge in [-0.25, -0.2) is 4.79 Å². The Morgan fingerprint density at radius 3 is 2.46 bits per heavy atom. The number of furan rings is 1. The highest BCUT2D eigenvalue weighted by Crippen LogP contribution is 2.28. The van der Waals surface area contributed by atoms with Crippen molar-refractivity contribution in [3.63, 3.8) is 0 Å². The average Bonchev–Trinajstić information content (AvgIpc) is 3.10. The molecule has 0 spiro atoms. The fourth-order valence-electron chi connectivity index (χ4n) is 2.40. The van der Waals surface area contributed by atoms with E-state index in [0.29, 0.717) is 22.5 Å². The molecular formula is C19H16N2O3. The Morgan fingerprint density at radius 2 is 1.71 bits per heavy atom. The predicted octanol–water partition coefficient (Wildman–Crippen LogP) is 3.59. The van der Waals surface area contributed by atoms with Crippen LogP contribution in [-0.2, 0) is 11.3 Å². The lowest BCUT2D eigenvalue weighted by molar-refractivity contribution is 0.0473. The SMILES string of the molecule is N=C(N)c1ccccc1-c1occc1C(=O)OCc1ccccc1. The minimum Gasteiger partial charge on any atom is -0.463 e. The molecule has 0 amide bonds. The second kappa shape index (κ2) is 6.83. The molecule has 0 unspecified atom stereocenters. The average molecular weight is 320 g/mol. The number of nitrogens with one attached hydrogen (secondary N) is 1. The van der Waals surface area contributed by atoms with Crippen LogP contribution in [0, 0.1) is 5.41 Å². The molecule has 5 heteroatoms. The van der Waals surface area contributed by atoms with Gasteiger partial charge in [-0.15, -0.1) is 0 Å². The number of hydrogen-bond acceptors (Lipinski definition) is 4. The lowest BCUT2D eigenvalue weighted by atomic mass is 10.0. The number of carbonyl (C=O) groups excluding carboxylic acids is 1. The van der Waals surface area contributed by atoms with Gasteiger partial charge in [0, 0.05) is 11.1 Å². The highest BCUT2D eigenvalue weighted by molar-refractivity contribution is 6.04. The fourth-order valence-corrected chi connectivity index (χ4v) is 2.40. The van der Waals surface area contributed by atoms with Crippen LogP contribution in [0.1, 0.15) is 21.5 Å². The van der Waals surface area contributed by atoms with Gasteiger partial charge < -0.3 is 14.9 Å². The van der Waals surface area contributed by atoms with E-state index in [1.165, 1.54) is 6.26 Å². The first-order valence-corrected chi connectivity index (χ1v) is 7.39. The zero-order valence-corrected chi connectivity index (χ0v) is 12.9. The van der Waals surface area contributed by atoms with Crippen LogP contribution in [0.4, 0.5) is 0 Å². The quantitative estimate of drug-likeness (QED) is 0.427. The topological polar surface area (TPSA) is 89.3 Å². The van der Waals surface area contributed by atoms with E-state index in [0.717, 1.165) is 5.56 Å². The molecule has 3 rings (SSSR count). The number of amidine groups is 1. The first-order chi connectivity index (χ1) is 11.7. The van der Waals surface area contributed by atoms with Gasteiger partial charge in [0.2, 0.25) is 0 Å². The molecule has 3 N–H and O–H groups in total. The van der Waals surface area contributed by atoms with Crippen molar-refractivity contribution in [2.75, 3.05) is 0 Å². The van der Waals surface area contributed by atoms with Crippen molar-refractivity contribution < 1.29 is 13.9 Å². The van der Waals surface area contributed by atoms with E-state index in [1.54, 1.807) is 30.3 Å². The molecule has 24 heavy (non-hydrogen) atoms. The third-order valence-corrected chi connectivity index (χ3v) is 3.56. The molecule has 3 aromatic rings. The van der Waals surface area contributed by atoms with Gasteiger partial charge in [-0.1, -0.05) is 54.6 Å². The maximum Gasteiger partial charge on any atom is 0.342 e. The predicted molar refractivity (Wildman–Crippen MR) is 90.7 cm³/mol. The van der Waals surface area contributed by atoms with E-state index in [4.69, 9.17) is 20.3 Å². The zero-order valence-electron chi connectivity index (χ0n) is 12.9. The van der Waals surface area contributed by atoms with Crippen molar-refractivity contribution in [2.45, 2.75) is 6.61 Å². The van der Waals surface area contributed by atoms with Crippen molar-refractivity contribution in [1.29, 1.82) is 5.41 Å². The lowest BCUT2D eigenvalue weighted by Crippen LogP contribution is -2.13. The summed E-state index contributed by atoms with van der Waals surface area (Å²) < 4.78 is 10.8. The minimum atomic E-state index is -0.485. The third kappa shape index (κ3) is 3.20. The van der Waals surface area contributed by atoms with Gasteiger partial charge in [0.1, 0.15) is 23.8 Å². The molecule has 0 aliphatic rings. The molecule has 0 saturated carbocycles. The van der Waals surface area contributed by atoms with Crippen molar-refractivity contribution >= 4 is 11.8 Å². The smallest absolute Gasteiger partial charge is 0.342 e. The van der Waals surface area contributed by atoms with Crippen LogP contribution in [0.25, 0.3) is 11.3 Å². The van der Waals surface area contributed by atoms with Crippen LogP contribution in [0.2, 0.25) is 0 Å². The van der Waals surface area contributed by atoms with Gasteiger partial charge in [0.25, 0.3) is 0 Å². The summed E-state index contributed by atoms with van der Waals surface area (Å²) in [6.45, 7) is 0.179. The molecule has 0 radical (unpaired) electrons.